The molecule has 1 heterocycles. The van der Waals surface area contributed by atoms with Crippen molar-refractivity contribution in [2.75, 3.05) is 0 Å². The summed E-state index contributed by atoms with van der Waals surface area (Å²) in [6.07, 6.45) is 5.74. The molecule has 4 heteroatoms. The molecule has 0 saturated heterocycles. The molecule has 0 aliphatic heterocycles. The largest absolute Gasteiger partial charge is 0.319 e. The van der Waals surface area contributed by atoms with E-state index in [1.165, 1.54) is 24.8 Å². The second kappa shape index (κ2) is 5.96. The van der Waals surface area contributed by atoms with Crippen molar-refractivity contribution in [3.63, 3.8) is 0 Å². The number of hydrogen-bond acceptors (Lipinski definition) is 2. The van der Waals surface area contributed by atoms with Gasteiger partial charge in [-0.2, -0.15) is 0 Å². The SMILES string of the molecule is NC(c1cccc(C2CCC2)c1)c1ncc(Br)cc1Br. The number of hydrogen-bond donors (Lipinski definition) is 1. The highest BCUT2D eigenvalue weighted by Gasteiger charge is 2.21. The van der Waals surface area contributed by atoms with Gasteiger partial charge in [0, 0.05) is 15.1 Å². The first-order chi connectivity index (χ1) is 9.65. The number of nitrogens with zero attached hydrogens (tertiary/aromatic N) is 1. The van der Waals surface area contributed by atoms with Crippen molar-refractivity contribution < 1.29 is 0 Å². The van der Waals surface area contributed by atoms with E-state index < -0.39 is 0 Å². The third-order valence-corrected chi connectivity index (χ3v) is 5.05. The maximum atomic E-state index is 6.39. The molecule has 0 spiro atoms. The minimum atomic E-state index is -0.197. The van der Waals surface area contributed by atoms with Gasteiger partial charge in [0.1, 0.15) is 0 Å². The van der Waals surface area contributed by atoms with Gasteiger partial charge >= 0.3 is 0 Å². The summed E-state index contributed by atoms with van der Waals surface area (Å²) >= 11 is 6.96. The van der Waals surface area contributed by atoms with Crippen LogP contribution in [0.25, 0.3) is 0 Å². The average Bonchev–Trinajstić information content (AvgIpc) is 2.36. The summed E-state index contributed by atoms with van der Waals surface area (Å²) < 4.78 is 1.89. The molecule has 0 bridgehead atoms. The fourth-order valence-corrected chi connectivity index (χ4v) is 3.79. The van der Waals surface area contributed by atoms with Crippen LogP contribution in [-0.2, 0) is 0 Å². The second-order valence-electron chi connectivity index (χ2n) is 5.30. The molecular formula is C16H16Br2N2. The molecule has 1 aliphatic carbocycles. The first kappa shape index (κ1) is 14.2. The van der Waals surface area contributed by atoms with Gasteiger partial charge in [-0.15, -0.1) is 0 Å². The van der Waals surface area contributed by atoms with Crippen LogP contribution >= 0.6 is 31.9 Å². The highest BCUT2D eigenvalue weighted by atomic mass is 79.9. The molecule has 2 N–H and O–H groups in total. The molecule has 0 radical (unpaired) electrons. The third kappa shape index (κ3) is 2.83. The Kier molecular flexibility index (Phi) is 4.24. The fraction of sp³-hybridized carbons (Fsp3) is 0.312. The van der Waals surface area contributed by atoms with Crippen LogP contribution in [0.15, 0.2) is 45.5 Å². The lowest BCUT2D eigenvalue weighted by molar-refractivity contribution is 0.419. The number of halogens is 2. The zero-order chi connectivity index (χ0) is 14.1. The van der Waals surface area contributed by atoms with E-state index in [4.69, 9.17) is 5.73 Å². The molecule has 104 valence electrons. The molecule has 1 unspecified atom stereocenters. The van der Waals surface area contributed by atoms with Gasteiger partial charge in [0.15, 0.2) is 0 Å². The van der Waals surface area contributed by atoms with E-state index in [1.54, 1.807) is 6.20 Å². The van der Waals surface area contributed by atoms with Gasteiger partial charge in [-0.05, 0) is 67.8 Å². The Bertz CT molecular complexity index is 624. The van der Waals surface area contributed by atoms with E-state index in [1.807, 2.05) is 6.07 Å². The van der Waals surface area contributed by atoms with Crippen LogP contribution in [0.2, 0.25) is 0 Å². The smallest absolute Gasteiger partial charge is 0.0758 e. The summed E-state index contributed by atoms with van der Waals surface area (Å²) in [4.78, 5) is 4.44. The lowest BCUT2D eigenvalue weighted by Crippen LogP contribution is -2.15. The first-order valence-corrected chi connectivity index (χ1v) is 8.40. The molecular weight excluding hydrogens is 380 g/mol. The Hall–Kier alpha value is -0.710. The topological polar surface area (TPSA) is 38.9 Å². The molecule has 3 rings (SSSR count). The van der Waals surface area contributed by atoms with Crippen LogP contribution < -0.4 is 5.73 Å². The van der Waals surface area contributed by atoms with Gasteiger partial charge in [-0.3, -0.25) is 4.98 Å². The van der Waals surface area contributed by atoms with Gasteiger partial charge in [0.25, 0.3) is 0 Å². The number of aromatic nitrogens is 1. The zero-order valence-corrected chi connectivity index (χ0v) is 14.2. The maximum Gasteiger partial charge on any atom is 0.0758 e. The summed E-state index contributed by atoms with van der Waals surface area (Å²) in [6, 6.07) is 10.4. The molecule has 1 aromatic carbocycles. The predicted molar refractivity (Wildman–Crippen MR) is 88.7 cm³/mol. The normalized spacial score (nSPS) is 16.8. The lowest BCUT2D eigenvalue weighted by Gasteiger charge is -2.26. The third-order valence-electron chi connectivity index (χ3n) is 3.98. The van der Waals surface area contributed by atoms with Crippen LogP contribution in [-0.4, -0.2) is 4.98 Å². The Labute approximate surface area is 136 Å². The Morgan fingerprint density at radius 3 is 2.65 bits per heavy atom. The van der Waals surface area contributed by atoms with E-state index in [0.717, 1.165) is 26.1 Å². The van der Waals surface area contributed by atoms with Crippen molar-refractivity contribution in [2.45, 2.75) is 31.2 Å². The average molecular weight is 396 g/mol. The van der Waals surface area contributed by atoms with Gasteiger partial charge in [-0.25, -0.2) is 0 Å². The standard InChI is InChI=1S/C16H16Br2N2/c17-13-8-14(18)16(20-9-13)15(19)12-6-2-5-11(7-12)10-3-1-4-10/h2,5-10,15H,1,3-4,19H2. The van der Waals surface area contributed by atoms with Crippen LogP contribution in [0.3, 0.4) is 0 Å². The van der Waals surface area contributed by atoms with E-state index in [9.17, 15) is 0 Å². The maximum absolute atomic E-state index is 6.39. The minimum absolute atomic E-state index is 0.197. The number of benzene rings is 1. The lowest BCUT2D eigenvalue weighted by atomic mass is 9.79. The number of pyridine rings is 1. The summed E-state index contributed by atoms with van der Waals surface area (Å²) in [5, 5.41) is 0. The summed E-state index contributed by atoms with van der Waals surface area (Å²) in [6.45, 7) is 0. The minimum Gasteiger partial charge on any atom is -0.319 e. The Morgan fingerprint density at radius 2 is 2.00 bits per heavy atom. The number of rotatable bonds is 3. The van der Waals surface area contributed by atoms with Gasteiger partial charge in [0.2, 0.25) is 0 Å². The summed E-state index contributed by atoms with van der Waals surface area (Å²) in [7, 11) is 0. The predicted octanol–water partition coefficient (Wildman–Crippen LogP) is 4.92. The molecule has 1 aromatic heterocycles. The molecule has 1 atom stereocenters. The number of nitrogens with two attached hydrogens (primary N) is 1. The second-order valence-corrected chi connectivity index (χ2v) is 7.07. The van der Waals surface area contributed by atoms with Crippen LogP contribution in [0.4, 0.5) is 0 Å². The Balaban J connectivity index is 1.91. The van der Waals surface area contributed by atoms with E-state index in [0.29, 0.717) is 0 Å². The van der Waals surface area contributed by atoms with Crippen LogP contribution in [0.5, 0.6) is 0 Å². The molecule has 1 aliphatic rings. The van der Waals surface area contributed by atoms with Crippen molar-refractivity contribution in [1.82, 2.24) is 4.98 Å². The van der Waals surface area contributed by atoms with Crippen molar-refractivity contribution >= 4 is 31.9 Å². The molecule has 0 amide bonds. The molecule has 1 saturated carbocycles. The fourth-order valence-electron chi connectivity index (χ4n) is 2.56. The van der Waals surface area contributed by atoms with Crippen molar-refractivity contribution in [1.29, 1.82) is 0 Å². The highest BCUT2D eigenvalue weighted by Crippen LogP contribution is 2.37. The summed E-state index contributed by atoms with van der Waals surface area (Å²) in [5.41, 5.74) is 9.81. The first-order valence-electron chi connectivity index (χ1n) is 6.81. The molecule has 2 aromatic rings. The van der Waals surface area contributed by atoms with Crippen molar-refractivity contribution in [3.8, 4) is 0 Å². The Morgan fingerprint density at radius 1 is 1.20 bits per heavy atom. The highest BCUT2D eigenvalue weighted by molar-refractivity contribution is 9.11. The molecule has 2 nitrogen and oxygen atoms in total. The molecule has 1 fully saturated rings. The van der Waals surface area contributed by atoms with Crippen molar-refractivity contribution in [3.05, 3.63) is 62.3 Å². The van der Waals surface area contributed by atoms with Gasteiger partial charge in [-0.1, -0.05) is 30.7 Å². The van der Waals surface area contributed by atoms with E-state index in [2.05, 4.69) is 61.1 Å². The van der Waals surface area contributed by atoms with Gasteiger partial charge in [0.05, 0.1) is 11.7 Å². The van der Waals surface area contributed by atoms with Gasteiger partial charge < -0.3 is 5.73 Å². The van der Waals surface area contributed by atoms with Crippen LogP contribution in [0, 0.1) is 0 Å². The quantitative estimate of drug-likeness (QED) is 0.800. The van der Waals surface area contributed by atoms with Crippen molar-refractivity contribution in [2.24, 2.45) is 5.73 Å². The van der Waals surface area contributed by atoms with Crippen LogP contribution in [0.1, 0.15) is 48.0 Å². The molecule has 20 heavy (non-hydrogen) atoms. The zero-order valence-electron chi connectivity index (χ0n) is 11.0. The monoisotopic (exact) mass is 394 g/mol. The van der Waals surface area contributed by atoms with E-state index in [-0.39, 0.29) is 6.04 Å². The summed E-state index contributed by atoms with van der Waals surface area (Å²) in [5.74, 6) is 0.725. The van der Waals surface area contributed by atoms with E-state index >= 15 is 0 Å².